The SMILES string of the molecule is C[C@@H](Oc1cc(-c2cnc3ccc(CN4CCN(CCO)CC4)cn23)sc1C(N)=O)c1ccccc1Cl. The Morgan fingerprint density at radius 3 is 2.68 bits per heavy atom. The van der Waals surface area contributed by atoms with Crippen LogP contribution in [0.4, 0.5) is 0 Å². The molecule has 8 nitrogen and oxygen atoms in total. The number of aliphatic hydroxyl groups excluding tert-OH is 1. The summed E-state index contributed by atoms with van der Waals surface area (Å²) in [4.78, 5) is 22.8. The topological polar surface area (TPSA) is 96.3 Å². The zero-order valence-electron chi connectivity index (χ0n) is 20.6. The number of ether oxygens (including phenoxy) is 1. The summed E-state index contributed by atoms with van der Waals surface area (Å²) >= 11 is 7.65. The van der Waals surface area contributed by atoms with Crippen molar-refractivity contribution in [2.45, 2.75) is 19.6 Å². The van der Waals surface area contributed by atoms with Crippen LogP contribution in [0.25, 0.3) is 16.2 Å². The fourth-order valence-electron chi connectivity index (χ4n) is 4.69. The normalized spacial score (nSPS) is 15.8. The Morgan fingerprint density at radius 1 is 1.19 bits per heavy atom. The quantitative estimate of drug-likeness (QED) is 0.333. The summed E-state index contributed by atoms with van der Waals surface area (Å²) in [6, 6.07) is 13.5. The van der Waals surface area contributed by atoms with Crippen LogP contribution < -0.4 is 10.5 Å². The largest absolute Gasteiger partial charge is 0.484 e. The molecule has 1 amide bonds. The number of carbonyl (C=O) groups excluding carboxylic acids is 1. The predicted molar refractivity (Wildman–Crippen MR) is 146 cm³/mol. The van der Waals surface area contributed by atoms with Crippen molar-refractivity contribution in [1.29, 1.82) is 0 Å². The number of halogens is 1. The van der Waals surface area contributed by atoms with E-state index in [0.717, 1.165) is 61.1 Å². The minimum absolute atomic E-state index is 0.200. The molecule has 0 unspecified atom stereocenters. The molecule has 4 aromatic rings. The van der Waals surface area contributed by atoms with E-state index >= 15 is 0 Å². The molecular weight excluding hydrogens is 510 g/mol. The van der Waals surface area contributed by atoms with Gasteiger partial charge in [-0.1, -0.05) is 35.9 Å². The van der Waals surface area contributed by atoms with Crippen molar-refractivity contribution >= 4 is 34.5 Å². The first-order valence-electron chi connectivity index (χ1n) is 12.3. The van der Waals surface area contributed by atoms with E-state index in [1.54, 1.807) is 0 Å². The Hall–Kier alpha value is -2.95. The zero-order chi connectivity index (χ0) is 25.9. The van der Waals surface area contributed by atoms with Crippen LogP contribution in [0.5, 0.6) is 5.75 Å². The number of rotatable bonds is 9. The second-order valence-corrected chi connectivity index (χ2v) is 10.7. The lowest BCUT2D eigenvalue weighted by atomic mass is 10.1. The number of carbonyl (C=O) groups is 1. The lowest BCUT2D eigenvalue weighted by Gasteiger charge is -2.34. The number of amides is 1. The lowest BCUT2D eigenvalue weighted by molar-refractivity contribution is 0.0998. The molecule has 3 aromatic heterocycles. The molecule has 10 heteroatoms. The Kier molecular flexibility index (Phi) is 7.78. The summed E-state index contributed by atoms with van der Waals surface area (Å²) in [5.74, 6) is -0.0979. The second kappa shape index (κ2) is 11.2. The second-order valence-electron chi connectivity index (χ2n) is 9.20. The van der Waals surface area contributed by atoms with Crippen LogP contribution >= 0.6 is 22.9 Å². The molecular formula is C27H30ClN5O3S. The highest BCUT2D eigenvalue weighted by Gasteiger charge is 2.22. The molecule has 0 saturated carbocycles. The van der Waals surface area contributed by atoms with Crippen LogP contribution in [-0.4, -0.2) is 69.5 Å². The Labute approximate surface area is 224 Å². The van der Waals surface area contributed by atoms with Crippen molar-refractivity contribution < 1.29 is 14.6 Å². The highest BCUT2D eigenvalue weighted by atomic mass is 35.5. The molecule has 0 spiro atoms. The number of nitrogens with zero attached hydrogens (tertiary/aromatic N) is 4. The maximum absolute atomic E-state index is 12.3. The molecule has 0 radical (unpaired) electrons. The van der Waals surface area contributed by atoms with Crippen molar-refractivity contribution in [1.82, 2.24) is 19.2 Å². The average molecular weight is 540 g/mol. The monoisotopic (exact) mass is 539 g/mol. The van der Waals surface area contributed by atoms with Gasteiger partial charge in [0.1, 0.15) is 22.4 Å². The van der Waals surface area contributed by atoms with Gasteiger partial charge in [0.2, 0.25) is 0 Å². The van der Waals surface area contributed by atoms with E-state index in [1.807, 2.05) is 49.5 Å². The molecule has 194 valence electrons. The van der Waals surface area contributed by atoms with E-state index in [4.69, 9.17) is 22.1 Å². The number of primary amides is 1. The van der Waals surface area contributed by atoms with Gasteiger partial charge in [0, 0.05) is 62.1 Å². The van der Waals surface area contributed by atoms with Gasteiger partial charge >= 0.3 is 0 Å². The van der Waals surface area contributed by atoms with E-state index in [1.165, 1.54) is 16.9 Å². The molecule has 0 bridgehead atoms. The van der Waals surface area contributed by atoms with E-state index < -0.39 is 5.91 Å². The van der Waals surface area contributed by atoms with Crippen LogP contribution in [0.1, 0.15) is 33.8 Å². The van der Waals surface area contributed by atoms with Crippen molar-refractivity contribution in [2.75, 3.05) is 39.3 Å². The van der Waals surface area contributed by atoms with Crippen molar-refractivity contribution in [3.63, 3.8) is 0 Å². The third-order valence-electron chi connectivity index (χ3n) is 6.68. The zero-order valence-corrected chi connectivity index (χ0v) is 22.2. The minimum atomic E-state index is -0.535. The number of pyridine rings is 1. The van der Waals surface area contributed by atoms with Crippen LogP contribution in [-0.2, 0) is 6.54 Å². The number of hydrogen-bond acceptors (Lipinski definition) is 7. The number of fused-ring (bicyclic) bond motifs is 1. The van der Waals surface area contributed by atoms with Crippen molar-refractivity contribution in [3.8, 4) is 16.3 Å². The van der Waals surface area contributed by atoms with Gasteiger partial charge in [0.15, 0.2) is 0 Å². The smallest absolute Gasteiger partial charge is 0.262 e. The molecule has 1 aliphatic heterocycles. The fourth-order valence-corrected chi connectivity index (χ4v) is 5.93. The molecule has 3 N–H and O–H groups in total. The van der Waals surface area contributed by atoms with Gasteiger partial charge in [-0.25, -0.2) is 4.98 Å². The summed E-state index contributed by atoms with van der Waals surface area (Å²) in [6.07, 6.45) is 3.56. The van der Waals surface area contributed by atoms with E-state index in [-0.39, 0.29) is 12.7 Å². The third kappa shape index (κ3) is 5.66. The number of aliphatic hydroxyl groups is 1. The molecule has 4 heterocycles. The number of hydrogen-bond donors (Lipinski definition) is 2. The number of aromatic nitrogens is 2. The number of β-amino-alcohol motifs (C(OH)–C–C–N with tert-alkyl or cyclic N) is 1. The highest BCUT2D eigenvalue weighted by molar-refractivity contribution is 7.17. The van der Waals surface area contributed by atoms with Crippen molar-refractivity contribution in [3.05, 3.63) is 75.9 Å². The van der Waals surface area contributed by atoms with Crippen LogP contribution in [0.2, 0.25) is 5.02 Å². The summed E-state index contributed by atoms with van der Waals surface area (Å²) in [6.45, 7) is 7.51. The average Bonchev–Trinajstić information content (AvgIpc) is 3.49. The Bertz CT molecular complexity index is 1400. The standard InChI is InChI=1S/C27H30ClN5O3S/c1-18(20-4-2-3-5-21(20)28)36-23-14-24(37-26(23)27(29)35)22-15-30-25-7-6-19(17-33(22)25)16-32-10-8-31(9-11-32)12-13-34/h2-7,14-15,17-18,34H,8-13,16H2,1H3,(H2,29,35)/t18-/m1/s1. The molecule has 1 fully saturated rings. The fraction of sp³-hybridized carbons (Fsp3) is 0.333. The number of nitrogens with two attached hydrogens (primary N) is 1. The maximum Gasteiger partial charge on any atom is 0.262 e. The van der Waals surface area contributed by atoms with Gasteiger partial charge in [0.25, 0.3) is 5.91 Å². The highest BCUT2D eigenvalue weighted by Crippen LogP contribution is 2.39. The molecule has 5 rings (SSSR count). The summed E-state index contributed by atoms with van der Waals surface area (Å²) in [5.41, 5.74) is 9.43. The first kappa shape index (κ1) is 25.7. The number of piperazine rings is 1. The van der Waals surface area contributed by atoms with Crippen LogP contribution in [0.3, 0.4) is 0 Å². The third-order valence-corrected chi connectivity index (χ3v) is 8.17. The van der Waals surface area contributed by atoms with Gasteiger partial charge in [-0.3, -0.25) is 19.0 Å². The molecule has 1 aliphatic rings. The van der Waals surface area contributed by atoms with E-state index in [0.29, 0.717) is 15.6 Å². The molecule has 1 atom stereocenters. The van der Waals surface area contributed by atoms with E-state index in [2.05, 4.69) is 31.4 Å². The first-order chi connectivity index (χ1) is 17.9. The van der Waals surface area contributed by atoms with Gasteiger partial charge in [-0.05, 0) is 24.6 Å². The lowest BCUT2D eigenvalue weighted by Crippen LogP contribution is -2.46. The number of thiophene rings is 1. The predicted octanol–water partition coefficient (Wildman–Crippen LogP) is 4.07. The minimum Gasteiger partial charge on any atom is -0.484 e. The van der Waals surface area contributed by atoms with Gasteiger partial charge < -0.3 is 15.6 Å². The van der Waals surface area contributed by atoms with Gasteiger partial charge in [-0.15, -0.1) is 11.3 Å². The van der Waals surface area contributed by atoms with E-state index in [9.17, 15) is 9.90 Å². The Balaban J connectivity index is 1.39. The van der Waals surface area contributed by atoms with Crippen LogP contribution in [0, 0.1) is 0 Å². The van der Waals surface area contributed by atoms with Crippen LogP contribution in [0.15, 0.2) is 54.9 Å². The molecule has 1 aromatic carbocycles. The summed E-state index contributed by atoms with van der Waals surface area (Å²) < 4.78 is 8.23. The summed E-state index contributed by atoms with van der Waals surface area (Å²) in [5, 5.41) is 9.78. The number of imidazole rings is 1. The van der Waals surface area contributed by atoms with Crippen molar-refractivity contribution in [2.24, 2.45) is 5.73 Å². The molecule has 37 heavy (non-hydrogen) atoms. The molecule has 1 saturated heterocycles. The molecule has 0 aliphatic carbocycles. The van der Waals surface area contributed by atoms with Gasteiger partial charge in [0.05, 0.1) is 23.4 Å². The Morgan fingerprint density at radius 2 is 1.95 bits per heavy atom. The summed E-state index contributed by atoms with van der Waals surface area (Å²) in [7, 11) is 0. The number of benzene rings is 1. The van der Waals surface area contributed by atoms with Gasteiger partial charge in [-0.2, -0.15) is 0 Å². The maximum atomic E-state index is 12.3. The first-order valence-corrected chi connectivity index (χ1v) is 13.5.